The standard InChI is InChI=1S/C12H18N4O6S/c17-11-15-6-8(16(11)22-23(18,19)20)1-2-10(15)9-5-12(21-14-9)3-4-13-7-12/h8,10,13H,1-7H2,(H,18,19,20)/t8-,10+,12+/m1/s1. The predicted octanol–water partition coefficient (Wildman–Crippen LogP) is -0.502. The molecular formula is C12H18N4O6S. The average molecular weight is 346 g/mol. The SMILES string of the molecule is O=C1N2C[C@@H](CC[C@H]2C2=NO[C@@]3(CCNC3)C2)N1OS(=O)(=O)O. The molecule has 0 aliphatic carbocycles. The third kappa shape index (κ3) is 2.57. The predicted molar refractivity (Wildman–Crippen MR) is 76.7 cm³/mol. The molecule has 4 aliphatic rings. The number of nitrogens with one attached hydrogen (secondary N) is 1. The molecule has 4 heterocycles. The van der Waals surface area contributed by atoms with Crippen molar-refractivity contribution in [3.8, 4) is 0 Å². The van der Waals surface area contributed by atoms with Gasteiger partial charge in [-0.05, 0) is 19.4 Å². The first-order chi connectivity index (χ1) is 10.9. The fraction of sp³-hybridized carbons (Fsp3) is 0.833. The van der Waals surface area contributed by atoms with E-state index in [1.54, 1.807) is 4.90 Å². The van der Waals surface area contributed by atoms with Crippen molar-refractivity contribution in [2.24, 2.45) is 5.16 Å². The third-order valence-electron chi connectivity index (χ3n) is 4.95. The summed E-state index contributed by atoms with van der Waals surface area (Å²) in [5, 5.41) is 8.20. The number of oxime groups is 1. The van der Waals surface area contributed by atoms with Gasteiger partial charge in [-0.25, -0.2) is 4.79 Å². The van der Waals surface area contributed by atoms with Gasteiger partial charge in [0.25, 0.3) is 0 Å². The molecule has 128 valence electrons. The molecule has 3 saturated heterocycles. The summed E-state index contributed by atoms with van der Waals surface area (Å²) >= 11 is 0. The normalized spacial score (nSPS) is 36.7. The van der Waals surface area contributed by atoms with Crippen LogP contribution in [0.3, 0.4) is 0 Å². The fourth-order valence-corrected chi connectivity index (χ4v) is 4.24. The Morgan fingerprint density at radius 2 is 2.26 bits per heavy atom. The maximum atomic E-state index is 12.4. The second-order valence-electron chi connectivity index (χ2n) is 6.47. The second-order valence-corrected chi connectivity index (χ2v) is 7.47. The van der Waals surface area contributed by atoms with Crippen molar-refractivity contribution in [1.82, 2.24) is 15.3 Å². The Morgan fingerprint density at radius 3 is 2.96 bits per heavy atom. The van der Waals surface area contributed by atoms with Crippen LogP contribution in [0, 0.1) is 0 Å². The monoisotopic (exact) mass is 346 g/mol. The maximum absolute atomic E-state index is 12.4. The van der Waals surface area contributed by atoms with Crippen molar-refractivity contribution in [3.63, 3.8) is 0 Å². The van der Waals surface area contributed by atoms with Gasteiger partial charge in [0.1, 0.15) is 0 Å². The Morgan fingerprint density at radius 1 is 1.43 bits per heavy atom. The minimum absolute atomic E-state index is 0.214. The first-order valence-electron chi connectivity index (χ1n) is 7.59. The molecular weight excluding hydrogens is 328 g/mol. The highest BCUT2D eigenvalue weighted by Gasteiger charge is 2.51. The van der Waals surface area contributed by atoms with Gasteiger partial charge < -0.3 is 15.1 Å². The van der Waals surface area contributed by atoms with Crippen molar-refractivity contribution in [2.45, 2.75) is 43.4 Å². The summed E-state index contributed by atoms with van der Waals surface area (Å²) in [6.45, 7) is 1.97. The molecule has 4 rings (SSSR count). The van der Waals surface area contributed by atoms with E-state index in [4.69, 9.17) is 9.39 Å². The highest BCUT2D eigenvalue weighted by molar-refractivity contribution is 7.80. The van der Waals surface area contributed by atoms with E-state index in [9.17, 15) is 13.2 Å². The van der Waals surface area contributed by atoms with E-state index < -0.39 is 16.4 Å². The number of hydrogen-bond acceptors (Lipinski definition) is 7. The van der Waals surface area contributed by atoms with Gasteiger partial charge in [-0.1, -0.05) is 5.16 Å². The summed E-state index contributed by atoms with van der Waals surface area (Å²) < 4.78 is 35.0. The molecule has 0 aromatic carbocycles. The topological polar surface area (TPSA) is 121 Å². The van der Waals surface area contributed by atoms with Gasteiger partial charge in [-0.2, -0.15) is 13.5 Å². The molecule has 1 spiro atoms. The molecule has 3 atom stereocenters. The van der Waals surface area contributed by atoms with Gasteiger partial charge in [0.2, 0.25) is 0 Å². The van der Waals surface area contributed by atoms with Gasteiger partial charge in [0, 0.05) is 25.9 Å². The van der Waals surface area contributed by atoms with E-state index in [2.05, 4.69) is 14.8 Å². The van der Waals surface area contributed by atoms with Gasteiger partial charge in [-0.3, -0.25) is 4.55 Å². The Kier molecular flexibility index (Phi) is 3.31. The summed E-state index contributed by atoms with van der Waals surface area (Å²) in [5.41, 5.74) is 0.508. The van der Waals surface area contributed by atoms with Crippen LogP contribution in [0.25, 0.3) is 0 Å². The van der Waals surface area contributed by atoms with Crippen LogP contribution in [0.15, 0.2) is 5.16 Å². The summed E-state index contributed by atoms with van der Waals surface area (Å²) in [7, 11) is -4.72. The van der Waals surface area contributed by atoms with Crippen LogP contribution in [-0.2, 0) is 19.5 Å². The summed E-state index contributed by atoms with van der Waals surface area (Å²) in [5.74, 6) is 0. The van der Waals surface area contributed by atoms with Crippen LogP contribution in [0.5, 0.6) is 0 Å². The number of carbonyl (C=O) groups is 1. The smallest absolute Gasteiger partial charge is 0.387 e. The lowest BCUT2D eigenvalue weighted by Crippen LogP contribution is -2.46. The summed E-state index contributed by atoms with van der Waals surface area (Å²) in [6.07, 6.45) is 2.78. The summed E-state index contributed by atoms with van der Waals surface area (Å²) in [6, 6.07) is -1.16. The van der Waals surface area contributed by atoms with Crippen LogP contribution in [-0.4, -0.2) is 72.0 Å². The fourth-order valence-electron chi connectivity index (χ4n) is 3.86. The van der Waals surface area contributed by atoms with Gasteiger partial charge in [-0.15, -0.1) is 4.28 Å². The second kappa shape index (κ2) is 5.03. The largest absolute Gasteiger partial charge is 0.418 e. The van der Waals surface area contributed by atoms with E-state index in [0.717, 1.165) is 30.3 Å². The van der Waals surface area contributed by atoms with E-state index in [1.165, 1.54) is 0 Å². The number of urea groups is 1. The lowest BCUT2D eigenvalue weighted by molar-refractivity contribution is -0.0316. The zero-order valence-electron chi connectivity index (χ0n) is 12.3. The van der Waals surface area contributed by atoms with Crippen molar-refractivity contribution in [3.05, 3.63) is 0 Å². The first-order valence-corrected chi connectivity index (χ1v) is 8.96. The number of fused-ring (bicyclic) bond motifs is 2. The highest BCUT2D eigenvalue weighted by atomic mass is 32.3. The molecule has 10 nitrogen and oxygen atoms in total. The molecule has 23 heavy (non-hydrogen) atoms. The number of rotatable bonds is 3. The van der Waals surface area contributed by atoms with Crippen LogP contribution < -0.4 is 5.32 Å². The average Bonchev–Trinajstić information content (AvgIpc) is 3.17. The van der Waals surface area contributed by atoms with Crippen LogP contribution in [0.4, 0.5) is 4.79 Å². The minimum atomic E-state index is -4.72. The molecule has 0 aromatic rings. The third-order valence-corrected chi connectivity index (χ3v) is 5.30. The quantitative estimate of drug-likeness (QED) is 0.661. The first kappa shape index (κ1) is 15.1. The number of hydrogen-bond donors (Lipinski definition) is 2. The Balaban J connectivity index is 1.50. The van der Waals surface area contributed by atoms with Crippen molar-refractivity contribution in [2.75, 3.05) is 19.6 Å². The van der Waals surface area contributed by atoms with E-state index in [1.807, 2.05) is 0 Å². The molecule has 3 fully saturated rings. The van der Waals surface area contributed by atoms with E-state index in [-0.39, 0.29) is 17.7 Å². The van der Waals surface area contributed by atoms with Crippen molar-refractivity contribution in [1.29, 1.82) is 0 Å². The molecule has 11 heteroatoms. The van der Waals surface area contributed by atoms with Crippen LogP contribution >= 0.6 is 0 Å². The number of hydroxylamine groups is 2. The Hall–Kier alpha value is -1.43. The van der Waals surface area contributed by atoms with E-state index in [0.29, 0.717) is 25.8 Å². The van der Waals surface area contributed by atoms with Gasteiger partial charge >= 0.3 is 16.4 Å². The zero-order chi connectivity index (χ0) is 16.2. The van der Waals surface area contributed by atoms with Gasteiger partial charge in [0.05, 0.1) is 17.8 Å². The number of piperidine rings is 1. The van der Waals surface area contributed by atoms with Crippen molar-refractivity contribution >= 4 is 22.1 Å². The zero-order valence-corrected chi connectivity index (χ0v) is 13.2. The molecule has 0 radical (unpaired) electrons. The van der Waals surface area contributed by atoms with Gasteiger partial charge in [0.15, 0.2) is 5.60 Å². The molecule has 2 bridgehead atoms. The minimum Gasteiger partial charge on any atom is -0.387 e. The Labute approximate surface area is 133 Å². The lowest BCUT2D eigenvalue weighted by Gasteiger charge is -2.30. The molecule has 2 amide bonds. The highest BCUT2D eigenvalue weighted by Crippen LogP contribution is 2.37. The van der Waals surface area contributed by atoms with Crippen molar-refractivity contribution < 1.29 is 26.9 Å². The van der Waals surface area contributed by atoms with E-state index >= 15 is 0 Å². The number of amides is 2. The molecule has 4 aliphatic heterocycles. The number of carbonyl (C=O) groups excluding carboxylic acids is 1. The molecule has 0 aromatic heterocycles. The number of nitrogens with zero attached hydrogens (tertiary/aromatic N) is 3. The Bertz CT molecular complexity index is 658. The molecule has 0 saturated carbocycles. The summed E-state index contributed by atoms with van der Waals surface area (Å²) in [4.78, 5) is 19.6. The molecule has 2 N–H and O–H groups in total. The maximum Gasteiger partial charge on any atom is 0.418 e. The molecule has 0 unspecified atom stereocenters. The lowest BCUT2D eigenvalue weighted by atomic mass is 9.89. The van der Waals surface area contributed by atoms with Crippen LogP contribution in [0.2, 0.25) is 0 Å². The van der Waals surface area contributed by atoms with Crippen LogP contribution in [0.1, 0.15) is 25.7 Å².